The van der Waals surface area contributed by atoms with Gasteiger partial charge in [0.25, 0.3) is 0 Å². The van der Waals surface area contributed by atoms with Crippen molar-refractivity contribution in [1.29, 1.82) is 0 Å². The van der Waals surface area contributed by atoms with Gasteiger partial charge in [-0.15, -0.1) is 0 Å². The summed E-state index contributed by atoms with van der Waals surface area (Å²) in [5, 5.41) is 0. The van der Waals surface area contributed by atoms with E-state index in [-0.39, 0.29) is 0 Å². The van der Waals surface area contributed by atoms with Gasteiger partial charge in [0.05, 0.1) is 0 Å². The van der Waals surface area contributed by atoms with Gasteiger partial charge in [-0.25, -0.2) is 0 Å². The minimum atomic E-state index is -2.89. The molecule has 0 aromatic rings. The van der Waals surface area contributed by atoms with E-state index in [1.807, 2.05) is 0 Å². The van der Waals surface area contributed by atoms with Gasteiger partial charge >= 0.3 is 7.32 Å². The van der Waals surface area contributed by atoms with E-state index in [1.54, 1.807) is 0 Å². The maximum Gasteiger partial charge on any atom is 0.655 e. The van der Waals surface area contributed by atoms with Crippen molar-refractivity contribution >= 4 is 29.4 Å². The van der Waals surface area contributed by atoms with E-state index in [0.717, 1.165) is 0 Å². The quantitative estimate of drug-likeness (QED) is 0.552. The number of hydrogen-bond acceptors (Lipinski definition) is 6. The van der Waals surface area contributed by atoms with Gasteiger partial charge in [0.15, 0.2) is 22.1 Å². The van der Waals surface area contributed by atoms with E-state index in [2.05, 4.69) is 0 Å². The summed E-state index contributed by atoms with van der Waals surface area (Å²) in [7, 11) is -10.1. The minimum absolute atomic E-state index is 1.36. The van der Waals surface area contributed by atoms with E-state index < -0.39 is 29.4 Å². The van der Waals surface area contributed by atoms with E-state index in [0.29, 0.717) is 0 Å². The molecule has 96 valence electrons. The fourth-order valence-electron chi connectivity index (χ4n) is 0.680. The van der Waals surface area contributed by atoms with Crippen LogP contribution in [0.15, 0.2) is 0 Å². The Hall–Kier alpha value is 0.635. The Bertz CT molecular complexity index is 307. The Morgan fingerprint density at radius 2 is 0.812 bits per heavy atom. The Kier molecular flexibility index (Phi) is 5.74. The van der Waals surface area contributed by atoms with E-state index in [4.69, 9.17) is 13.3 Å². The Labute approximate surface area is 97.0 Å². The molecule has 0 spiro atoms. The van der Waals surface area contributed by atoms with Crippen LogP contribution < -0.4 is 0 Å². The van der Waals surface area contributed by atoms with Crippen molar-refractivity contribution in [2.24, 2.45) is 0 Å². The molecule has 0 aromatic carbocycles. The lowest BCUT2D eigenvalue weighted by Crippen LogP contribution is -2.23. The highest BCUT2D eigenvalue weighted by Crippen LogP contribution is 2.48. The van der Waals surface area contributed by atoms with Crippen LogP contribution in [0.3, 0.4) is 0 Å². The predicted molar refractivity (Wildman–Crippen MR) is 67.4 cm³/mol. The summed E-state index contributed by atoms with van der Waals surface area (Å²) in [4.78, 5) is 0. The van der Waals surface area contributed by atoms with Crippen LogP contribution in [0.25, 0.3) is 0 Å². The summed E-state index contributed by atoms with van der Waals surface area (Å²) in [6.07, 6.45) is 0. The first kappa shape index (κ1) is 16.6. The molecule has 0 aliphatic carbocycles. The monoisotopic (exact) mass is 290 g/mol. The van der Waals surface area contributed by atoms with Crippen LogP contribution in [0.4, 0.5) is 0 Å². The van der Waals surface area contributed by atoms with Crippen LogP contribution in [0, 0.1) is 0 Å². The molecule has 0 rings (SSSR count). The second-order valence-corrected chi connectivity index (χ2v) is 12.5. The summed E-state index contributed by atoms with van der Waals surface area (Å²) in [5.74, 6) is 0. The molecule has 0 aliphatic rings. The fourth-order valence-corrected chi connectivity index (χ4v) is 2.39. The molecule has 0 atom stereocenters. The lowest BCUT2D eigenvalue weighted by molar-refractivity contribution is 0.313. The van der Waals surface area contributed by atoms with Crippen molar-refractivity contribution in [3.8, 4) is 0 Å². The Balaban J connectivity index is 4.72. The second kappa shape index (κ2) is 5.52. The van der Waals surface area contributed by atoms with Crippen molar-refractivity contribution in [3.63, 3.8) is 0 Å². The van der Waals surface area contributed by atoms with Gasteiger partial charge in [0.2, 0.25) is 0 Å². The molecule has 0 saturated heterocycles. The van der Waals surface area contributed by atoms with Gasteiger partial charge in [-0.1, -0.05) is 0 Å². The van der Waals surface area contributed by atoms with Crippen LogP contribution in [-0.2, 0) is 27.0 Å². The summed E-state index contributed by atoms with van der Waals surface area (Å²) in [6.45, 7) is 8.16. The first-order valence-electron chi connectivity index (χ1n) is 4.49. The molecule has 10 heteroatoms. The highest BCUT2D eigenvalue weighted by molar-refractivity contribution is 7.61. The summed E-state index contributed by atoms with van der Waals surface area (Å²) in [5.41, 5.74) is 0. The molecule has 0 heterocycles. The van der Waals surface area contributed by atoms with Crippen molar-refractivity contribution in [3.05, 3.63) is 0 Å². The third-order valence-corrected chi connectivity index (χ3v) is 3.06. The first-order valence-corrected chi connectivity index (χ1v) is 12.0. The average molecular weight is 290 g/mol. The normalized spacial score (nSPS) is 13.9. The van der Waals surface area contributed by atoms with Crippen LogP contribution in [0.2, 0.25) is 0 Å². The molecular weight excluding hydrogens is 272 g/mol. The van der Waals surface area contributed by atoms with Gasteiger partial charge in [-0.2, -0.15) is 0 Å². The molecule has 0 aromatic heterocycles. The highest BCUT2D eigenvalue weighted by atomic mass is 31.2. The van der Waals surface area contributed by atoms with Crippen molar-refractivity contribution in [2.75, 3.05) is 40.0 Å². The van der Waals surface area contributed by atoms with Crippen molar-refractivity contribution in [1.82, 2.24) is 0 Å². The lowest BCUT2D eigenvalue weighted by atomic mass is 10.3. The zero-order valence-electron chi connectivity index (χ0n) is 10.4. The predicted octanol–water partition coefficient (Wildman–Crippen LogP) is 2.63. The molecule has 0 unspecified atom stereocenters. The SMILES string of the molecule is CP(C)(=O)OB(OP(C)(C)=O)OP(C)(C)=O. The average Bonchev–Trinajstić information content (AvgIpc) is 1.70. The second-order valence-electron chi connectivity index (χ2n) is 4.36. The van der Waals surface area contributed by atoms with Gasteiger partial charge in [0.1, 0.15) is 0 Å². The van der Waals surface area contributed by atoms with Crippen LogP contribution in [0.1, 0.15) is 0 Å². The molecule has 0 amide bonds. The van der Waals surface area contributed by atoms with Crippen molar-refractivity contribution < 1.29 is 27.0 Å². The largest absolute Gasteiger partial charge is 0.655 e. The van der Waals surface area contributed by atoms with Crippen LogP contribution in [0.5, 0.6) is 0 Å². The van der Waals surface area contributed by atoms with Gasteiger partial charge in [0, 0.05) is 40.0 Å². The van der Waals surface area contributed by atoms with Crippen LogP contribution in [-0.4, -0.2) is 47.3 Å². The molecule has 6 nitrogen and oxygen atoms in total. The van der Waals surface area contributed by atoms with Gasteiger partial charge < -0.3 is 13.3 Å². The molecule has 0 saturated carbocycles. The smallest absolute Gasteiger partial charge is 0.334 e. The first-order chi connectivity index (χ1) is 6.79. The number of hydrogen-bond donors (Lipinski definition) is 0. The summed E-state index contributed by atoms with van der Waals surface area (Å²) < 4.78 is 49.2. The Morgan fingerprint density at radius 3 is 0.938 bits per heavy atom. The molecule has 0 N–H and O–H groups in total. The zero-order valence-corrected chi connectivity index (χ0v) is 13.1. The summed E-state index contributed by atoms with van der Waals surface area (Å²) >= 11 is 0. The third kappa shape index (κ3) is 11.1. The Morgan fingerprint density at radius 1 is 0.625 bits per heavy atom. The fraction of sp³-hybridized carbons (Fsp3) is 1.00. The molecule has 0 radical (unpaired) electrons. The zero-order chi connectivity index (χ0) is 13.2. The molecule has 0 bridgehead atoms. The lowest BCUT2D eigenvalue weighted by Gasteiger charge is -2.20. The van der Waals surface area contributed by atoms with Crippen LogP contribution >= 0.6 is 22.1 Å². The minimum Gasteiger partial charge on any atom is -0.334 e. The molecular formula is C6H18BO6P3. The standard InChI is InChI=1S/C6H18BO6P3/c1-14(2,8)11-7(12-15(3,4)9)13-16(5,6)10/h1-6H3. The molecule has 0 fully saturated rings. The maximum absolute atomic E-state index is 11.4. The number of rotatable bonds is 6. The van der Waals surface area contributed by atoms with Gasteiger partial charge in [-0.05, 0) is 0 Å². The topological polar surface area (TPSA) is 78.9 Å². The molecule has 16 heavy (non-hydrogen) atoms. The van der Waals surface area contributed by atoms with E-state index in [1.165, 1.54) is 40.0 Å². The maximum atomic E-state index is 11.4. The van der Waals surface area contributed by atoms with Gasteiger partial charge in [-0.3, -0.25) is 13.7 Å². The third-order valence-electron chi connectivity index (χ3n) is 1.02. The molecule has 0 aliphatic heterocycles. The van der Waals surface area contributed by atoms with E-state index >= 15 is 0 Å². The summed E-state index contributed by atoms with van der Waals surface area (Å²) in [6, 6.07) is 0. The van der Waals surface area contributed by atoms with E-state index in [9.17, 15) is 13.7 Å². The highest BCUT2D eigenvalue weighted by Gasteiger charge is 2.35. The van der Waals surface area contributed by atoms with Crippen molar-refractivity contribution in [2.45, 2.75) is 0 Å².